The van der Waals surface area contributed by atoms with Gasteiger partial charge in [0.05, 0.1) is 19.2 Å². The van der Waals surface area contributed by atoms with E-state index in [0.717, 1.165) is 16.0 Å². The number of carbonyl (C=O) groups excluding carboxylic acids is 2. The summed E-state index contributed by atoms with van der Waals surface area (Å²) in [7, 11) is 1.34. The molecule has 2 heterocycles. The van der Waals surface area contributed by atoms with Crippen LogP contribution in [0.5, 0.6) is 0 Å². The summed E-state index contributed by atoms with van der Waals surface area (Å²) >= 11 is 1.33. The SMILES string of the molecule is COC(=O)N1CCc2c(sc(NC(=O)C=Cc3ccccc3)c2C#N)C1. The van der Waals surface area contributed by atoms with E-state index < -0.39 is 0 Å². The van der Waals surface area contributed by atoms with Crippen LogP contribution in [0.4, 0.5) is 9.80 Å². The van der Waals surface area contributed by atoms with Crippen LogP contribution >= 0.6 is 11.3 Å². The summed E-state index contributed by atoms with van der Waals surface area (Å²) in [6.45, 7) is 0.878. The molecule has 0 spiro atoms. The van der Waals surface area contributed by atoms with Crippen molar-refractivity contribution in [2.24, 2.45) is 0 Å². The normalized spacial score (nSPS) is 13.2. The Balaban J connectivity index is 1.76. The molecular weight excluding hydrogens is 350 g/mol. The number of amides is 2. The molecule has 7 heteroatoms. The molecule has 1 aliphatic heterocycles. The number of anilines is 1. The van der Waals surface area contributed by atoms with E-state index in [1.54, 1.807) is 11.0 Å². The minimum atomic E-state index is -0.390. The molecule has 1 N–H and O–H groups in total. The number of fused-ring (bicyclic) bond motifs is 1. The lowest BCUT2D eigenvalue weighted by atomic mass is 10.0. The molecule has 0 fully saturated rings. The second kappa shape index (κ2) is 7.85. The third-order valence-corrected chi connectivity index (χ3v) is 5.20. The number of hydrogen-bond donors (Lipinski definition) is 1. The van der Waals surface area contributed by atoms with Crippen molar-refractivity contribution in [3.8, 4) is 6.07 Å². The Kier molecular flexibility index (Phi) is 5.34. The summed E-state index contributed by atoms with van der Waals surface area (Å²) in [6.07, 6.45) is 3.34. The molecule has 0 unspecified atom stereocenters. The average molecular weight is 367 g/mol. The zero-order valence-corrected chi connectivity index (χ0v) is 15.0. The first-order valence-electron chi connectivity index (χ1n) is 8.04. The van der Waals surface area contributed by atoms with Crippen molar-refractivity contribution in [1.82, 2.24) is 4.90 Å². The van der Waals surface area contributed by atoms with E-state index in [4.69, 9.17) is 4.74 Å². The van der Waals surface area contributed by atoms with Gasteiger partial charge in [0.15, 0.2) is 0 Å². The first kappa shape index (κ1) is 17.7. The highest BCUT2D eigenvalue weighted by atomic mass is 32.1. The van der Waals surface area contributed by atoms with Gasteiger partial charge in [0.2, 0.25) is 5.91 Å². The molecule has 0 atom stereocenters. The fourth-order valence-corrected chi connectivity index (χ4v) is 4.00. The number of nitrogens with zero attached hydrogens (tertiary/aromatic N) is 2. The van der Waals surface area contributed by atoms with E-state index in [-0.39, 0.29) is 12.0 Å². The van der Waals surface area contributed by atoms with Crippen molar-refractivity contribution in [2.45, 2.75) is 13.0 Å². The Hall–Kier alpha value is -3.11. The van der Waals surface area contributed by atoms with Crippen molar-refractivity contribution in [3.05, 3.63) is 58.0 Å². The maximum absolute atomic E-state index is 12.2. The summed E-state index contributed by atoms with van der Waals surface area (Å²) in [4.78, 5) is 26.4. The Morgan fingerprint density at radius 1 is 1.35 bits per heavy atom. The van der Waals surface area contributed by atoms with Gasteiger partial charge in [0.25, 0.3) is 0 Å². The van der Waals surface area contributed by atoms with Gasteiger partial charge < -0.3 is 15.0 Å². The lowest BCUT2D eigenvalue weighted by molar-refractivity contribution is -0.111. The fraction of sp³-hybridized carbons (Fsp3) is 0.211. The Labute approximate surface area is 155 Å². The van der Waals surface area contributed by atoms with Gasteiger partial charge in [0.1, 0.15) is 11.1 Å². The minimum absolute atomic E-state index is 0.297. The Morgan fingerprint density at radius 3 is 2.81 bits per heavy atom. The van der Waals surface area contributed by atoms with E-state index in [0.29, 0.717) is 30.1 Å². The number of nitriles is 1. The monoisotopic (exact) mass is 367 g/mol. The van der Waals surface area contributed by atoms with Gasteiger partial charge in [-0.1, -0.05) is 30.3 Å². The third-order valence-electron chi connectivity index (χ3n) is 4.06. The molecule has 132 valence electrons. The van der Waals surface area contributed by atoms with E-state index in [2.05, 4.69) is 11.4 Å². The van der Waals surface area contributed by atoms with E-state index >= 15 is 0 Å². The van der Waals surface area contributed by atoms with Crippen molar-refractivity contribution in [1.29, 1.82) is 5.26 Å². The molecule has 26 heavy (non-hydrogen) atoms. The number of thiophene rings is 1. The van der Waals surface area contributed by atoms with Gasteiger partial charge in [-0.3, -0.25) is 4.79 Å². The van der Waals surface area contributed by atoms with Crippen LogP contribution in [0.2, 0.25) is 0 Å². The molecule has 0 aliphatic carbocycles. The standard InChI is InChI=1S/C19H17N3O3S/c1-25-19(24)22-10-9-14-15(11-20)18(26-16(14)12-22)21-17(23)8-7-13-5-3-2-4-6-13/h2-8H,9-10,12H2,1H3,(H,21,23). The molecule has 0 saturated heterocycles. The van der Waals surface area contributed by atoms with Crippen LogP contribution in [0.1, 0.15) is 21.6 Å². The van der Waals surface area contributed by atoms with Crippen LogP contribution in [0.25, 0.3) is 6.08 Å². The first-order valence-corrected chi connectivity index (χ1v) is 8.85. The van der Waals surface area contributed by atoms with Gasteiger partial charge >= 0.3 is 6.09 Å². The minimum Gasteiger partial charge on any atom is -0.453 e. The molecular formula is C19H17N3O3S. The van der Waals surface area contributed by atoms with Crippen LogP contribution < -0.4 is 5.32 Å². The van der Waals surface area contributed by atoms with Crippen LogP contribution in [0, 0.1) is 11.3 Å². The number of methoxy groups -OCH3 is 1. The molecule has 0 bridgehead atoms. The zero-order valence-electron chi connectivity index (χ0n) is 14.2. The fourth-order valence-electron chi connectivity index (χ4n) is 2.78. The van der Waals surface area contributed by atoms with Crippen LogP contribution in [0.3, 0.4) is 0 Å². The summed E-state index contributed by atoms with van der Waals surface area (Å²) in [5.41, 5.74) is 2.30. The highest BCUT2D eigenvalue weighted by Gasteiger charge is 2.27. The van der Waals surface area contributed by atoms with E-state index in [1.807, 2.05) is 30.3 Å². The highest BCUT2D eigenvalue weighted by Crippen LogP contribution is 2.36. The Morgan fingerprint density at radius 2 is 2.12 bits per heavy atom. The van der Waals surface area contributed by atoms with Gasteiger partial charge in [-0.05, 0) is 23.6 Å². The molecule has 2 amide bonds. The largest absolute Gasteiger partial charge is 0.453 e. The molecule has 2 aromatic rings. The van der Waals surface area contributed by atoms with Crippen LogP contribution in [0.15, 0.2) is 36.4 Å². The van der Waals surface area contributed by atoms with Crippen molar-refractivity contribution in [3.63, 3.8) is 0 Å². The maximum atomic E-state index is 12.2. The molecule has 1 aromatic heterocycles. The maximum Gasteiger partial charge on any atom is 0.409 e. The predicted molar refractivity (Wildman–Crippen MR) is 99.7 cm³/mol. The summed E-state index contributed by atoms with van der Waals surface area (Å²) in [5, 5.41) is 12.8. The van der Waals surface area contributed by atoms with Gasteiger partial charge in [-0.25, -0.2) is 4.79 Å². The lowest BCUT2D eigenvalue weighted by Crippen LogP contribution is -2.35. The second-order valence-electron chi connectivity index (χ2n) is 5.69. The van der Waals surface area contributed by atoms with Crippen molar-refractivity contribution < 1.29 is 14.3 Å². The van der Waals surface area contributed by atoms with E-state index in [1.165, 1.54) is 24.5 Å². The summed E-state index contributed by atoms with van der Waals surface area (Å²) in [6, 6.07) is 11.7. The number of carbonyl (C=O) groups is 2. The van der Waals surface area contributed by atoms with Gasteiger partial charge in [0, 0.05) is 17.5 Å². The topological polar surface area (TPSA) is 82.4 Å². The van der Waals surface area contributed by atoms with E-state index in [9.17, 15) is 14.9 Å². The molecule has 3 rings (SSSR count). The summed E-state index contributed by atoms with van der Waals surface area (Å²) in [5.74, 6) is -0.297. The van der Waals surface area contributed by atoms with Crippen molar-refractivity contribution >= 4 is 34.4 Å². The lowest BCUT2D eigenvalue weighted by Gasteiger charge is -2.25. The zero-order chi connectivity index (χ0) is 18.5. The second-order valence-corrected chi connectivity index (χ2v) is 6.80. The Bertz CT molecular complexity index is 897. The third kappa shape index (κ3) is 3.76. The predicted octanol–water partition coefficient (Wildman–Crippen LogP) is 3.40. The molecule has 1 aliphatic rings. The molecule has 6 nitrogen and oxygen atoms in total. The molecule has 1 aromatic carbocycles. The highest BCUT2D eigenvalue weighted by molar-refractivity contribution is 7.16. The number of benzene rings is 1. The number of nitrogens with one attached hydrogen (secondary N) is 1. The average Bonchev–Trinajstić information content (AvgIpc) is 3.02. The van der Waals surface area contributed by atoms with Gasteiger partial charge in [-0.2, -0.15) is 5.26 Å². The molecule has 0 saturated carbocycles. The molecule has 0 radical (unpaired) electrons. The van der Waals surface area contributed by atoms with Crippen molar-refractivity contribution in [2.75, 3.05) is 19.0 Å². The number of hydrogen-bond acceptors (Lipinski definition) is 5. The quantitative estimate of drug-likeness (QED) is 0.843. The van der Waals surface area contributed by atoms with Gasteiger partial charge in [-0.15, -0.1) is 11.3 Å². The number of ether oxygens (including phenoxy) is 1. The number of rotatable bonds is 3. The van der Waals surface area contributed by atoms with Crippen LogP contribution in [-0.4, -0.2) is 30.6 Å². The summed E-state index contributed by atoms with van der Waals surface area (Å²) < 4.78 is 4.75. The first-order chi connectivity index (χ1) is 12.6. The smallest absolute Gasteiger partial charge is 0.409 e. The van der Waals surface area contributed by atoms with Crippen LogP contribution in [-0.2, 0) is 22.5 Å².